The minimum atomic E-state index is 0.742. The first-order chi connectivity index (χ1) is 13.8. The van der Waals surface area contributed by atoms with Gasteiger partial charge in [0.25, 0.3) is 0 Å². The molecule has 1 aromatic heterocycles. The Kier molecular flexibility index (Phi) is 5.71. The van der Waals surface area contributed by atoms with Crippen molar-refractivity contribution in [1.82, 2.24) is 9.97 Å². The van der Waals surface area contributed by atoms with E-state index in [4.69, 9.17) is 4.74 Å². The summed E-state index contributed by atoms with van der Waals surface area (Å²) in [7, 11) is 1.67. The molecule has 4 rings (SSSR count). The van der Waals surface area contributed by atoms with E-state index in [0.29, 0.717) is 0 Å². The first-order valence-corrected chi connectivity index (χ1v) is 9.83. The van der Waals surface area contributed by atoms with E-state index in [1.165, 1.54) is 24.8 Å². The third-order valence-electron chi connectivity index (χ3n) is 5.33. The van der Waals surface area contributed by atoms with Crippen molar-refractivity contribution >= 4 is 17.3 Å². The molecule has 1 saturated heterocycles. The van der Waals surface area contributed by atoms with Crippen LogP contribution >= 0.6 is 0 Å². The molecule has 1 aliphatic heterocycles. The lowest BCUT2D eigenvalue weighted by Crippen LogP contribution is -2.34. The van der Waals surface area contributed by atoms with E-state index in [-0.39, 0.29) is 0 Å². The molecule has 1 aliphatic rings. The Balaban J connectivity index is 1.38. The van der Waals surface area contributed by atoms with Crippen LogP contribution in [-0.2, 0) is 6.42 Å². The molecule has 28 heavy (non-hydrogen) atoms. The third kappa shape index (κ3) is 4.42. The molecule has 0 saturated carbocycles. The van der Waals surface area contributed by atoms with E-state index in [2.05, 4.69) is 50.5 Å². The van der Waals surface area contributed by atoms with Gasteiger partial charge in [0.05, 0.1) is 12.8 Å². The Hall–Kier alpha value is -3.08. The summed E-state index contributed by atoms with van der Waals surface area (Å²) in [6.45, 7) is 2.06. The van der Waals surface area contributed by atoms with E-state index in [9.17, 15) is 0 Å². The number of para-hydroxylation sites is 2. The van der Waals surface area contributed by atoms with Gasteiger partial charge in [-0.3, -0.25) is 0 Å². The highest BCUT2D eigenvalue weighted by atomic mass is 16.5. The maximum Gasteiger partial charge on any atom is 0.142 e. The van der Waals surface area contributed by atoms with Crippen LogP contribution in [0.2, 0.25) is 0 Å². The Labute approximate surface area is 166 Å². The minimum Gasteiger partial charge on any atom is -0.495 e. The number of benzene rings is 2. The summed E-state index contributed by atoms with van der Waals surface area (Å²) in [6.07, 6.45) is 5.17. The molecule has 2 heterocycles. The average Bonchev–Trinajstić information content (AvgIpc) is 2.76. The SMILES string of the molecule is COc1ccccc1Nc1cc(N2CCC(Cc3ccccc3)CC2)ncn1. The standard InChI is InChI=1S/C23H26N4O/c1-28-21-10-6-5-9-20(21)26-22-16-23(25-17-24-22)27-13-11-19(12-14-27)15-18-7-3-2-4-8-18/h2-10,16-17,19H,11-15H2,1H3,(H,24,25,26). The quantitative estimate of drug-likeness (QED) is 0.678. The number of nitrogens with zero attached hydrogens (tertiary/aromatic N) is 3. The highest BCUT2D eigenvalue weighted by Crippen LogP contribution is 2.29. The van der Waals surface area contributed by atoms with Gasteiger partial charge in [0.2, 0.25) is 0 Å². The topological polar surface area (TPSA) is 50.3 Å². The summed E-state index contributed by atoms with van der Waals surface area (Å²) < 4.78 is 5.41. The lowest BCUT2D eigenvalue weighted by molar-refractivity contribution is 0.402. The van der Waals surface area contributed by atoms with Gasteiger partial charge >= 0.3 is 0 Å². The van der Waals surface area contributed by atoms with Gasteiger partial charge in [0.1, 0.15) is 23.7 Å². The number of nitrogens with one attached hydrogen (secondary N) is 1. The van der Waals surface area contributed by atoms with Gasteiger partial charge in [-0.05, 0) is 42.9 Å². The van der Waals surface area contributed by atoms with Crippen molar-refractivity contribution in [2.45, 2.75) is 19.3 Å². The van der Waals surface area contributed by atoms with Crippen LogP contribution in [0.5, 0.6) is 5.75 Å². The first kappa shape index (κ1) is 18.3. The fraction of sp³-hybridized carbons (Fsp3) is 0.304. The van der Waals surface area contributed by atoms with Crippen LogP contribution in [0.3, 0.4) is 0 Å². The van der Waals surface area contributed by atoms with Crippen LogP contribution in [0.4, 0.5) is 17.3 Å². The maximum atomic E-state index is 5.41. The second-order valence-electron chi connectivity index (χ2n) is 7.21. The molecule has 5 heteroatoms. The maximum absolute atomic E-state index is 5.41. The van der Waals surface area contributed by atoms with Crippen molar-refractivity contribution in [1.29, 1.82) is 0 Å². The fourth-order valence-corrected chi connectivity index (χ4v) is 3.79. The number of ether oxygens (including phenoxy) is 1. The number of piperidine rings is 1. The van der Waals surface area contributed by atoms with Gasteiger partial charge in [-0.15, -0.1) is 0 Å². The van der Waals surface area contributed by atoms with Crippen molar-refractivity contribution < 1.29 is 4.74 Å². The van der Waals surface area contributed by atoms with Crippen LogP contribution in [-0.4, -0.2) is 30.2 Å². The fourth-order valence-electron chi connectivity index (χ4n) is 3.79. The highest BCUT2D eigenvalue weighted by molar-refractivity contribution is 5.65. The molecule has 3 aromatic rings. The zero-order valence-corrected chi connectivity index (χ0v) is 16.2. The number of hydrogen-bond donors (Lipinski definition) is 1. The number of rotatable bonds is 6. The molecule has 2 aromatic carbocycles. The molecular formula is C23H26N4O. The molecule has 0 amide bonds. The third-order valence-corrected chi connectivity index (χ3v) is 5.33. The number of anilines is 3. The summed E-state index contributed by atoms with van der Waals surface area (Å²) in [5, 5.41) is 3.34. The monoisotopic (exact) mass is 374 g/mol. The molecule has 0 aliphatic carbocycles. The van der Waals surface area contributed by atoms with Gasteiger partial charge in [-0.2, -0.15) is 0 Å². The lowest BCUT2D eigenvalue weighted by Gasteiger charge is -2.33. The molecular weight excluding hydrogens is 348 g/mol. The van der Waals surface area contributed by atoms with Crippen LogP contribution in [0.15, 0.2) is 67.0 Å². The molecule has 144 valence electrons. The van der Waals surface area contributed by atoms with Crippen LogP contribution in [0, 0.1) is 5.92 Å². The van der Waals surface area contributed by atoms with Crippen molar-refractivity contribution in [3.63, 3.8) is 0 Å². The van der Waals surface area contributed by atoms with Crippen molar-refractivity contribution in [3.8, 4) is 5.75 Å². The Morgan fingerprint density at radius 3 is 2.54 bits per heavy atom. The smallest absolute Gasteiger partial charge is 0.142 e. The molecule has 0 bridgehead atoms. The number of hydrogen-bond acceptors (Lipinski definition) is 5. The van der Waals surface area contributed by atoms with Gasteiger partial charge in [0.15, 0.2) is 0 Å². The summed E-state index contributed by atoms with van der Waals surface area (Å²) in [4.78, 5) is 11.2. The second kappa shape index (κ2) is 8.74. The van der Waals surface area contributed by atoms with Crippen molar-refractivity contribution in [3.05, 3.63) is 72.6 Å². The van der Waals surface area contributed by atoms with E-state index < -0.39 is 0 Å². The van der Waals surface area contributed by atoms with E-state index in [1.54, 1.807) is 13.4 Å². The van der Waals surface area contributed by atoms with E-state index >= 15 is 0 Å². The molecule has 0 radical (unpaired) electrons. The number of methoxy groups -OCH3 is 1. The number of aromatic nitrogens is 2. The largest absolute Gasteiger partial charge is 0.495 e. The first-order valence-electron chi connectivity index (χ1n) is 9.83. The molecule has 1 fully saturated rings. The Morgan fingerprint density at radius 2 is 1.75 bits per heavy atom. The van der Waals surface area contributed by atoms with Crippen molar-refractivity contribution in [2.24, 2.45) is 5.92 Å². The summed E-state index contributed by atoms with van der Waals surface area (Å²) in [5.74, 6) is 3.29. The van der Waals surface area contributed by atoms with Gasteiger partial charge in [-0.25, -0.2) is 9.97 Å². The molecule has 1 N–H and O–H groups in total. The van der Waals surface area contributed by atoms with Gasteiger partial charge < -0.3 is 15.0 Å². The predicted octanol–water partition coefficient (Wildman–Crippen LogP) is 4.69. The summed E-state index contributed by atoms with van der Waals surface area (Å²) in [6, 6.07) is 20.7. The van der Waals surface area contributed by atoms with Gasteiger partial charge in [-0.1, -0.05) is 42.5 Å². The minimum absolute atomic E-state index is 0.742. The molecule has 5 nitrogen and oxygen atoms in total. The van der Waals surface area contributed by atoms with Crippen molar-refractivity contribution in [2.75, 3.05) is 30.4 Å². The van der Waals surface area contributed by atoms with Gasteiger partial charge in [0, 0.05) is 19.2 Å². The molecule has 0 spiro atoms. The van der Waals surface area contributed by atoms with Crippen LogP contribution < -0.4 is 15.0 Å². The Morgan fingerprint density at radius 1 is 1.00 bits per heavy atom. The van der Waals surface area contributed by atoms with E-state index in [1.807, 2.05) is 30.3 Å². The van der Waals surface area contributed by atoms with Crippen LogP contribution in [0.1, 0.15) is 18.4 Å². The zero-order chi connectivity index (χ0) is 19.2. The predicted molar refractivity (Wildman–Crippen MR) is 113 cm³/mol. The zero-order valence-electron chi connectivity index (χ0n) is 16.2. The van der Waals surface area contributed by atoms with Crippen LogP contribution in [0.25, 0.3) is 0 Å². The summed E-state index contributed by atoms with van der Waals surface area (Å²) >= 11 is 0. The highest BCUT2D eigenvalue weighted by Gasteiger charge is 2.20. The second-order valence-corrected chi connectivity index (χ2v) is 7.21. The Bertz CT molecular complexity index is 892. The lowest BCUT2D eigenvalue weighted by atomic mass is 9.90. The average molecular weight is 374 g/mol. The molecule has 0 unspecified atom stereocenters. The molecule has 0 atom stereocenters. The normalized spacial score (nSPS) is 14.7. The van der Waals surface area contributed by atoms with E-state index in [0.717, 1.165) is 42.1 Å². The summed E-state index contributed by atoms with van der Waals surface area (Å²) in [5.41, 5.74) is 2.34.